The molecule has 0 aliphatic carbocycles. The topological polar surface area (TPSA) is 55.1 Å². The molecule has 1 N–H and O–H groups in total. The second kappa shape index (κ2) is 6.07. The Morgan fingerprint density at radius 1 is 1.09 bits per heavy atom. The highest BCUT2D eigenvalue weighted by Crippen LogP contribution is 2.24. The first kappa shape index (κ1) is 14.4. The van der Waals surface area contributed by atoms with Gasteiger partial charge in [-0.2, -0.15) is 5.10 Å². The molecule has 1 aromatic heterocycles. The molecule has 0 aliphatic heterocycles. The van der Waals surface area contributed by atoms with Crippen LogP contribution in [0.25, 0.3) is 16.9 Å². The molecule has 0 aliphatic rings. The summed E-state index contributed by atoms with van der Waals surface area (Å²) in [6, 6.07) is 18.8. The molecule has 110 valence electrons. The molecule has 0 radical (unpaired) electrons. The van der Waals surface area contributed by atoms with E-state index in [-0.39, 0.29) is 5.69 Å². The molecular formula is C17H14N2O2S. The van der Waals surface area contributed by atoms with E-state index in [9.17, 15) is 9.90 Å². The molecule has 4 nitrogen and oxygen atoms in total. The Morgan fingerprint density at radius 3 is 2.36 bits per heavy atom. The summed E-state index contributed by atoms with van der Waals surface area (Å²) in [6.07, 6.45) is 2.02. The molecule has 1 heterocycles. The first-order valence-electron chi connectivity index (χ1n) is 6.72. The smallest absolute Gasteiger partial charge is 0.354 e. The van der Waals surface area contributed by atoms with Gasteiger partial charge in [-0.15, -0.1) is 11.8 Å². The number of hydrogen-bond donors (Lipinski definition) is 1. The van der Waals surface area contributed by atoms with Crippen LogP contribution in [0.2, 0.25) is 0 Å². The van der Waals surface area contributed by atoms with Gasteiger partial charge in [0.2, 0.25) is 0 Å². The molecule has 0 saturated carbocycles. The van der Waals surface area contributed by atoms with Crippen LogP contribution in [0.5, 0.6) is 0 Å². The van der Waals surface area contributed by atoms with Crippen LogP contribution in [-0.4, -0.2) is 27.1 Å². The maximum absolute atomic E-state index is 11.5. The fraction of sp³-hybridized carbons (Fsp3) is 0.0588. The van der Waals surface area contributed by atoms with Crippen LogP contribution in [0.1, 0.15) is 10.5 Å². The molecule has 0 saturated heterocycles. The Morgan fingerprint density at radius 2 is 1.77 bits per heavy atom. The van der Waals surface area contributed by atoms with E-state index < -0.39 is 5.97 Å². The highest BCUT2D eigenvalue weighted by atomic mass is 32.2. The lowest BCUT2D eigenvalue weighted by atomic mass is 10.1. The standard InChI is InChI=1S/C17H14N2O2S/c1-22-14-9-7-12(8-10-14)15-11-16(17(20)21)19(18-15)13-5-3-2-4-6-13/h2-11H,1H3,(H,20,21). The van der Waals surface area contributed by atoms with Crippen molar-refractivity contribution in [3.63, 3.8) is 0 Å². The summed E-state index contributed by atoms with van der Waals surface area (Å²) in [6.45, 7) is 0. The number of hydrogen-bond acceptors (Lipinski definition) is 3. The number of carboxylic acids is 1. The summed E-state index contributed by atoms with van der Waals surface area (Å²) >= 11 is 1.66. The largest absolute Gasteiger partial charge is 0.477 e. The van der Waals surface area contributed by atoms with Crippen molar-refractivity contribution >= 4 is 17.7 Å². The zero-order valence-electron chi connectivity index (χ0n) is 11.9. The number of nitrogens with zero attached hydrogens (tertiary/aromatic N) is 2. The number of rotatable bonds is 4. The summed E-state index contributed by atoms with van der Waals surface area (Å²) in [5.41, 5.74) is 2.42. The van der Waals surface area contributed by atoms with Crippen LogP contribution in [0.15, 0.2) is 65.6 Å². The zero-order chi connectivity index (χ0) is 15.5. The van der Waals surface area contributed by atoms with E-state index in [2.05, 4.69) is 5.10 Å². The third-order valence-electron chi connectivity index (χ3n) is 3.32. The van der Waals surface area contributed by atoms with Gasteiger partial charge in [0, 0.05) is 10.5 Å². The van der Waals surface area contributed by atoms with Gasteiger partial charge >= 0.3 is 5.97 Å². The first-order chi connectivity index (χ1) is 10.7. The maximum Gasteiger partial charge on any atom is 0.354 e. The number of para-hydroxylation sites is 1. The number of carbonyl (C=O) groups is 1. The van der Waals surface area contributed by atoms with Gasteiger partial charge in [0.1, 0.15) is 0 Å². The fourth-order valence-electron chi connectivity index (χ4n) is 2.20. The van der Waals surface area contributed by atoms with Crippen molar-refractivity contribution in [2.24, 2.45) is 0 Å². The third kappa shape index (κ3) is 2.76. The lowest BCUT2D eigenvalue weighted by Crippen LogP contribution is -2.07. The second-order valence-corrected chi connectivity index (χ2v) is 5.58. The van der Waals surface area contributed by atoms with Crippen LogP contribution in [0, 0.1) is 0 Å². The number of benzene rings is 2. The molecule has 0 atom stereocenters. The first-order valence-corrected chi connectivity index (χ1v) is 7.95. The van der Waals surface area contributed by atoms with Crippen LogP contribution >= 0.6 is 11.8 Å². The third-order valence-corrected chi connectivity index (χ3v) is 4.06. The van der Waals surface area contributed by atoms with Crippen molar-refractivity contribution in [1.29, 1.82) is 0 Å². The van der Waals surface area contributed by atoms with Gasteiger partial charge in [0.25, 0.3) is 0 Å². The van der Waals surface area contributed by atoms with E-state index in [0.29, 0.717) is 5.69 Å². The minimum absolute atomic E-state index is 0.148. The van der Waals surface area contributed by atoms with E-state index in [4.69, 9.17) is 0 Å². The Hall–Kier alpha value is -2.53. The van der Waals surface area contributed by atoms with Gasteiger partial charge in [-0.3, -0.25) is 0 Å². The van der Waals surface area contributed by atoms with Crippen molar-refractivity contribution in [3.8, 4) is 16.9 Å². The van der Waals surface area contributed by atoms with E-state index in [1.165, 1.54) is 4.68 Å². The summed E-state index contributed by atoms with van der Waals surface area (Å²) in [5, 5.41) is 13.9. The number of carboxylic acid groups (broad SMARTS) is 1. The minimum Gasteiger partial charge on any atom is -0.477 e. The van der Waals surface area contributed by atoms with Crippen molar-refractivity contribution in [2.45, 2.75) is 4.90 Å². The van der Waals surface area contributed by atoms with Crippen molar-refractivity contribution in [2.75, 3.05) is 6.26 Å². The fourth-order valence-corrected chi connectivity index (χ4v) is 2.61. The molecular weight excluding hydrogens is 296 g/mol. The summed E-state index contributed by atoms with van der Waals surface area (Å²) in [7, 11) is 0. The minimum atomic E-state index is -0.997. The van der Waals surface area contributed by atoms with E-state index >= 15 is 0 Å². The number of thioether (sulfide) groups is 1. The average molecular weight is 310 g/mol. The van der Waals surface area contributed by atoms with Gasteiger partial charge in [-0.1, -0.05) is 30.3 Å². The van der Waals surface area contributed by atoms with E-state index in [0.717, 1.165) is 16.1 Å². The highest BCUT2D eigenvalue weighted by Gasteiger charge is 2.16. The van der Waals surface area contributed by atoms with Crippen molar-refractivity contribution in [3.05, 3.63) is 66.4 Å². The molecule has 0 bridgehead atoms. The SMILES string of the molecule is CSc1ccc(-c2cc(C(=O)O)n(-c3ccccc3)n2)cc1. The highest BCUT2D eigenvalue weighted by molar-refractivity contribution is 7.98. The molecule has 2 aromatic carbocycles. The maximum atomic E-state index is 11.5. The van der Waals surface area contributed by atoms with Crippen LogP contribution in [0.4, 0.5) is 0 Å². The van der Waals surface area contributed by atoms with Crippen LogP contribution < -0.4 is 0 Å². The molecule has 3 rings (SSSR count). The number of aromatic carboxylic acids is 1. The Labute approximate surface area is 132 Å². The van der Waals surface area contributed by atoms with Gasteiger partial charge in [0.05, 0.1) is 11.4 Å². The predicted molar refractivity (Wildman–Crippen MR) is 87.7 cm³/mol. The van der Waals surface area contributed by atoms with Gasteiger partial charge < -0.3 is 5.11 Å². The van der Waals surface area contributed by atoms with Crippen LogP contribution in [-0.2, 0) is 0 Å². The normalized spacial score (nSPS) is 10.6. The average Bonchev–Trinajstić information content (AvgIpc) is 3.01. The van der Waals surface area contributed by atoms with Crippen LogP contribution in [0.3, 0.4) is 0 Å². The zero-order valence-corrected chi connectivity index (χ0v) is 12.7. The molecule has 5 heteroatoms. The van der Waals surface area contributed by atoms with Gasteiger partial charge in [-0.05, 0) is 36.6 Å². The summed E-state index contributed by atoms with van der Waals surface area (Å²) in [5.74, 6) is -0.997. The summed E-state index contributed by atoms with van der Waals surface area (Å²) in [4.78, 5) is 12.6. The van der Waals surface area contributed by atoms with Gasteiger partial charge in [-0.25, -0.2) is 9.48 Å². The van der Waals surface area contributed by atoms with Crippen molar-refractivity contribution < 1.29 is 9.90 Å². The van der Waals surface area contributed by atoms with E-state index in [1.807, 2.05) is 60.9 Å². The Bertz CT molecular complexity index is 795. The van der Waals surface area contributed by atoms with E-state index in [1.54, 1.807) is 17.8 Å². The monoisotopic (exact) mass is 310 g/mol. The predicted octanol–water partition coefficient (Wildman–Crippen LogP) is 3.96. The second-order valence-electron chi connectivity index (χ2n) is 4.70. The lowest BCUT2D eigenvalue weighted by molar-refractivity contribution is 0.0687. The molecule has 0 amide bonds. The van der Waals surface area contributed by atoms with Crippen molar-refractivity contribution in [1.82, 2.24) is 9.78 Å². The molecule has 0 unspecified atom stereocenters. The Balaban J connectivity index is 2.08. The van der Waals surface area contributed by atoms with Gasteiger partial charge in [0.15, 0.2) is 5.69 Å². The number of aromatic nitrogens is 2. The Kier molecular flexibility index (Phi) is 3.98. The molecule has 0 spiro atoms. The molecule has 3 aromatic rings. The molecule has 22 heavy (non-hydrogen) atoms. The quantitative estimate of drug-likeness (QED) is 0.741. The lowest BCUT2D eigenvalue weighted by Gasteiger charge is -2.03. The summed E-state index contributed by atoms with van der Waals surface area (Å²) < 4.78 is 1.46. The molecule has 0 fully saturated rings.